The van der Waals surface area contributed by atoms with Gasteiger partial charge in [0.05, 0.1) is 17.8 Å². The third-order valence-corrected chi connectivity index (χ3v) is 2.57. The molecule has 80 valence electrons. The van der Waals surface area contributed by atoms with Crippen LogP contribution in [0, 0.1) is 0 Å². The number of nitrogens with one attached hydrogen (secondary N) is 1. The first kappa shape index (κ1) is 9.70. The lowest BCUT2D eigenvalue weighted by Crippen LogP contribution is -2.44. The Hall–Kier alpha value is -1.85. The van der Waals surface area contributed by atoms with Gasteiger partial charge in [0.1, 0.15) is 0 Å². The van der Waals surface area contributed by atoms with Crippen molar-refractivity contribution in [2.75, 3.05) is 0 Å². The Morgan fingerprint density at radius 3 is 2.93 bits per heavy atom. The topological polar surface area (TPSA) is 84.2 Å². The zero-order chi connectivity index (χ0) is 10.8. The molecule has 15 heavy (non-hydrogen) atoms. The van der Waals surface area contributed by atoms with Crippen LogP contribution in [0.25, 0.3) is 0 Å². The second-order valence-corrected chi connectivity index (χ2v) is 3.64. The molecular formula is C9H11N3O3. The predicted molar refractivity (Wildman–Crippen MR) is 50.8 cm³/mol. The van der Waals surface area contributed by atoms with Gasteiger partial charge < -0.3 is 10.4 Å². The van der Waals surface area contributed by atoms with E-state index in [1.807, 2.05) is 0 Å². The van der Waals surface area contributed by atoms with Crippen molar-refractivity contribution in [2.45, 2.75) is 24.9 Å². The number of carboxylic acid groups (broad SMARTS) is 1. The summed E-state index contributed by atoms with van der Waals surface area (Å²) < 4.78 is 1.71. The summed E-state index contributed by atoms with van der Waals surface area (Å²) in [6.07, 6.45) is 4.39. The number of amides is 1. The van der Waals surface area contributed by atoms with Gasteiger partial charge in [0.2, 0.25) is 0 Å². The maximum absolute atomic E-state index is 10.4. The van der Waals surface area contributed by atoms with Crippen molar-refractivity contribution in [3.63, 3.8) is 0 Å². The smallest absolute Gasteiger partial charge is 0.404 e. The Balaban J connectivity index is 1.88. The van der Waals surface area contributed by atoms with Crippen molar-refractivity contribution >= 4 is 12.4 Å². The first-order chi connectivity index (χ1) is 7.19. The van der Waals surface area contributed by atoms with Gasteiger partial charge in [0.15, 0.2) is 6.29 Å². The maximum atomic E-state index is 10.4. The van der Waals surface area contributed by atoms with Gasteiger partial charge in [-0.05, 0) is 12.8 Å². The van der Waals surface area contributed by atoms with E-state index in [1.165, 1.54) is 6.20 Å². The van der Waals surface area contributed by atoms with Gasteiger partial charge in [-0.3, -0.25) is 9.48 Å². The van der Waals surface area contributed by atoms with Gasteiger partial charge in [-0.25, -0.2) is 4.79 Å². The first-order valence-corrected chi connectivity index (χ1v) is 4.68. The molecule has 0 aromatic carbocycles. The van der Waals surface area contributed by atoms with E-state index >= 15 is 0 Å². The van der Waals surface area contributed by atoms with Gasteiger partial charge >= 0.3 is 6.09 Å². The highest BCUT2D eigenvalue weighted by Crippen LogP contribution is 2.31. The van der Waals surface area contributed by atoms with Gasteiger partial charge in [0.25, 0.3) is 0 Å². The van der Waals surface area contributed by atoms with Gasteiger partial charge in [-0.1, -0.05) is 0 Å². The van der Waals surface area contributed by atoms with E-state index in [0.717, 1.165) is 19.1 Å². The molecular weight excluding hydrogens is 198 g/mol. The molecule has 0 bridgehead atoms. The van der Waals surface area contributed by atoms with Crippen LogP contribution in [0.5, 0.6) is 0 Å². The molecule has 2 N–H and O–H groups in total. The number of aldehydes is 1. The molecule has 1 fully saturated rings. The Morgan fingerprint density at radius 1 is 1.67 bits per heavy atom. The highest BCUT2D eigenvalue weighted by atomic mass is 16.4. The number of aromatic nitrogens is 2. The van der Waals surface area contributed by atoms with Crippen LogP contribution in [0.1, 0.15) is 29.2 Å². The minimum atomic E-state index is -0.993. The summed E-state index contributed by atoms with van der Waals surface area (Å²) in [6.45, 7) is 0. The van der Waals surface area contributed by atoms with Crippen molar-refractivity contribution in [1.82, 2.24) is 15.1 Å². The van der Waals surface area contributed by atoms with E-state index in [0.29, 0.717) is 5.56 Å². The van der Waals surface area contributed by atoms with Crippen LogP contribution >= 0.6 is 0 Å². The van der Waals surface area contributed by atoms with Crippen molar-refractivity contribution in [2.24, 2.45) is 0 Å². The normalized spacial score (nSPS) is 24.3. The van der Waals surface area contributed by atoms with E-state index in [1.54, 1.807) is 10.9 Å². The lowest BCUT2D eigenvalue weighted by atomic mass is 9.87. The number of hydrogen-bond acceptors (Lipinski definition) is 3. The van der Waals surface area contributed by atoms with Crippen LogP contribution in [0.4, 0.5) is 4.79 Å². The van der Waals surface area contributed by atoms with Gasteiger partial charge in [-0.2, -0.15) is 5.10 Å². The van der Waals surface area contributed by atoms with Crippen LogP contribution in [0.15, 0.2) is 12.4 Å². The molecule has 0 spiro atoms. The number of nitrogens with zero attached hydrogens (tertiary/aromatic N) is 2. The van der Waals surface area contributed by atoms with Crippen LogP contribution in [-0.2, 0) is 0 Å². The third kappa shape index (κ3) is 1.98. The fraction of sp³-hybridized carbons (Fsp3) is 0.444. The summed E-state index contributed by atoms with van der Waals surface area (Å²) in [5.74, 6) is 0. The number of hydrogen-bond donors (Lipinski definition) is 2. The van der Waals surface area contributed by atoms with Crippen molar-refractivity contribution in [3.8, 4) is 0 Å². The van der Waals surface area contributed by atoms with Crippen LogP contribution in [0.3, 0.4) is 0 Å². The van der Waals surface area contributed by atoms with E-state index in [4.69, 9.17) is 5.11 Å². The molecule has 6 nitrogen and oxygen atoms in total. The van der Waals surface area contributed by atoms with Crippen LogP contribution in [0.2, 0.25) is 0 Å². The Bertz CT molecular complexity index is 382. The summed E-state index contributed by atoms with van der Waals surface area (Å²) in [6, 6.07) is 0.215. The number of carbonyl (C=O) groups excluding carboxylic acids is 1. The van der Waals surface area contributed by atoms with E-state index in [2.05, 4.69) is 10.4 Å². The summed E-state index contributed by atoms with van der Waals surface area (Å²) in [7, 11) is 0. The second-order valence-electron chi connectivity index (χ2n) is 3.64. The Labute approximate surface area is 85.9 Å². The van der Waals surface area contributed by atoms with Gasteiger partial charge in [0, 0.05) is 12.2 Å². The molecule has 6 heteroatoms. The van der Waals surface area contributed by atoms with Crippen molar-refractivity contribution in [3.05, 3.63) is 18.0 Å². The summed E-state index contributed by atoms with van der Waals surface area (Å²) >= 11 is 0. The molecule has 0 saturated heterocycles. The molecule has 0 aliphatic heterocycles. The molecule has 0 radical (unpaired) electrons. The van der Waals surface area contributed by atoms with E-state index in [9.17, 15) is 9.59 Å². The molecule has 1 heterocycles. The number of rotatable bonds is 3. The standard InChI is InChI=1S/C9H11N3O3/c13-5-6-3-10-12(4-6)8-1-7(2-8)11-9(14)15/h3-5,7-8,11H,1-2H2,(H,14,15)/t7-,8+. The summed E-state index contributed by atoms with van der Waals surface area (Å²) in [5.41, 5.74) is 0.546. The van der Waals surface area contributed by atoms with Crippen molar-refractivity contribution < 1.29 is 14.7 Å². The second kappa shape index (κ2) is 3.72. The molecule has 1 aromatic heterocycles. The van der Waals surface area contributed by atoms with Crippen LogP contribution < -0.4 is 5.32 Å². The largest absolute Gasteiger partial charge is 0.465 e. The molecule has 1 amide bonds. The quantitative estimate of drug-likeness (QED) is 0.716. The van der Waals surface area contributed by atoms with E-state index in [-0.39, 0.29) is 12.1 Å². The van der Waals surface area contributed by atoms with Gasteiger partial charge in [-0.15, -0.1) is 0 Å². The third-order valence-electron chi connectivity index (χ3n) is 2.57. The molecule has 2 rings (SSSR count). The molecule has 0 atom stereocenters. The summed E-state index contributed by atoms with van der Waals surface area (Å²) in [4.78, 5) is 20.7. The lowest BCUT2D eigenvalue weighted by Gasteiger charge is -2.34. The molecule has 1 aliphatic carbocycles. The SMILES string of the molecule is O=Cc1cnn([C@H]2C[C@@H](NC(=O)O)C2)c1. The average molecular weight is 209 g/mol. The predicted octanol–water partition coefficient (Wildman–Crippen LogP) is 0.667. The minimum absolute atomic E-state index is 0.0105. The summed E-state index contributed by atoms with van der Waals surface area (Å²) in [5, 5.41) is 14.9. The molecule has 1 aliphatic rings. The highest BCUT2D eigenvalue weighted by Gasteiger charge is 2.31. The Kier molecular flexibility index (Phi) is 2.40. The van der Waals surface area contributed by atoms with E-state index < -0.39 is 6.09 Å². The Morgan fingerprint density at radius 2 is 2.40 bits per heavy atom. The van der Waals surface area contributed by atoms with Crippen molar-refractivity contribution in [1.29, 1.82) is 0 Å². The average Bonchev–Trinajstić information content (AvgIpc) is 2.58. The fourth-order valence-electron chi connectivity index (χ4n) is 1.71. The minimum Gasteiger partial charge on any atom is -0.465 e. The molecule has 1 aromatic rings. The number of carbonyl (C=O) groups is 2. The zero-order valence-electron chi connectivity index (χ0n) is 7.96. The van der Waals surface area contributed by atoms with Crippen LogP contribution in [-0.4, -0.2) is 33.3 Å². The molecule has 1 saturated carbocycles. The molecule has 0 unspecified atom stereocenters. The monoisotopic (exact) mass is 209 g/mol. The fourth-order valence-corrected chi connectivity index (χ4v) is 1.71. The maximum Gasteiger partial charge on any atom is 0.404 e. The zero-order valence-corrected chi connectivity index (χ0v) is 7.96. The lowest BCUT2D eigenvalue weighted by molar-refractivity contribution is 0.112. The first-order valence-electron chi connectivity index (χ1n) is 4.68. The highest BCUT2D eigenvalue weighted by molar-refractivity contribution is 5.73.